The zero-order valence-electron chi connectivity index (χ0n) is 71.6. The molecular formula is C86H128N14O21S. The van der Waals surface area contributed by atoms with Gasteiger partial charge in [-0.1, -0.05) is 96.7 Å². The van der Waals surface area contributed by atoms with Gasteiger partial charge in [-0.25, -0.2) is 14.3 Å². The Morgan fingerprint density at radius 1 is 0.598 bits per heavy atom. The normalized spacial score (nSPS) is 22.0. The minimum absolute atomic E-state index is 0.0250. The number of hydrogen-bond donors (Lipinski definition) is 14. The number of imide groups is 1. The van der Waals surface area contributed by atoms with Gasteiger partial charge in [0.1, 0.15) is 48.9 Å². The average molecular weight is 1730 g/mol. The number of fused-ring (bicyclic) bond motifs is 7. The molecule has 0 spiro atoms. The average Bonchev–Trinajstić information content (AvgIpc) is 0.785. The third kappa shape index (κ3) is 26.9. The number of carbonyl (C=O) groups is 10. The summed E-state index contributed by atoms with van der Waals surface area (Å²) in [6.45, 7) is 13.8. The van der Waals surface area contributed by atoms with Crippen LogP contribution in [0, 0.1) is 28.6 Å². The highest BCUT2D eigenvalue weighted by Crippen LogP contribution is 2.60. The molecule has 11 atom stereocenters. The van der Waals surface area contributed by atoms with Crippen molar-refractivity contribution in [1.29, 1.82) is 0 Å². The first-order chi connectivity index (χ1) is 58.3. The summed E-state index contributed by atoms with van der Waals surface area (Å²) in [4.78, 5) is 135. The Kier molecular flexibility index (Phi) is 36.3. The number of phenols is 1. The molecule has 3 aromatic carbocycles. The van der Waals surface area contributed by atoms with Crippen molar-refractivity contribution in [3.05, 3.63) is 99.9 Å². The Morgan fingerprint density at radius 2 is 1.18 bits per heavy atom. The molecule has 1 aromatic heterocycles. The Bertz CT molecular complexity index is 4340. The second kappa shape index (κ2) is 45.9. The van der Waals surface area contributed by atoms with E-state index in [4.69, 9.17) is 38.7 Å². The number of amides is 11. The fourth-order valence-corrected chi connectivity index (χ4v) is 18.7. The third-order valence-corrected chi connectivity index (χ3v) is 25.8. The number of aromatic hydroxyl groups is 1. The van der Waals surface area contributed by atoms with Crippen molar-refractivity contribution >= 4 is 80.9 Å². The number of ether oxygens (including phenoxy) is 6. The summed E-state index contributed by atoms with van der Waals surface area (Å²) >= 11 is 0. The largest absolute Gasteiger partial charge is 0.508 e. The van der Waals surface area contributed by atoms with E-state index in [2.05, 4.69) is 77.3 Å². The second-order valence-corrected chi connectivity index (χ2v) is 35.5. The van der Waals surface area contributed by atoms with Gasteiger partial charge in [0, 0.05) is 37.4 Å². The van der Waals surface area contributed by atoms with Crippen LogP contribution in [-0.4, -0.2) is 220 Å². The van der Waals surface area contributed by atoms with E-state index in [1.54, 1.807) is 57.3 Å². The number of urea groups is 1. The lowest BCUT2D eigenvalue weighted by atomic mass is 9.49. The summed E-state index contributed by atoms with van der Waals surface area (Å²) in [6.07, 6.45) is 12.0. The molecule has 0 saturated heterocycles. The van der Waals surface area contributed by atoms with Crippen molar-refractivity contribution in [3.63, 3.8) is 0 Å². The molecule has 5 aliphatic carbocycles. The van der Waals surface area contributed by atoms with E-state index in [0.717, 1.165) is 93.0 Å². The number of aromatic nitrogens is 3. The van der Waals surface area contributed by atoms with Crippen LogP contribution in [0.25, 0.3) is 0 Å². The third-order valence-electron chi connectivity index (χ3n) is 25.1. The second-order valence-electron chi connectivity index (χ2n) is 34.0. The molecule has 1 unspecified atom stereocenters. The number of primary amides is 1. The van der Waals surface area contributed by atoms with Gasteiger partial charge in [0.15, 0.2) is 0 Å². The van der Waals surface area contributed by atoms with E-state index in [0.29, 0.717) is 120 Å². The SMILES string of the molecule is CN[C@H](CCCCNC(=O)COC1CCCCCc2c1nnn2CCOCCOCCOCCOCCC(=O)NCCS(=O)(=O)O)C(=O)N[C@H](C(=O)N[C@@H](CCCNC(N)=O)C(=O)Nc1ccc(COC(=O)N[C@@H](CO)C(=O)Nc2ccc3c(c2)[C@@]2(C)CCC[C@](C)(C(=O)NC(=O)[C@@]4(C)CCC[C@]5(C)c6cc(O)ccc6CC[C@@H]45)[C@@H]2CC3)cc1)C(C)C. The maximum absolute atomic E-state index is 14.8. The first-order valence-corrected chi connectivity index (χ1v) is 44.6. The van der Waals surface area contributed by atoms with Crippen molar-refractivity contribution in [2.75, 3.05) is 109 Å². The van der Waals surface area contributed by atoms with Crippen molar-refractivity contribution in [2.45, 2.75) is 231 Å². The molecule has 4 aromatic rings. The number of aliphatic hydroxyl groups excluding tert-OH is 1. The number of aryl methyl sites for hydroxylation is 2. The molecule has 5 aliphatic rings. The zero-order valence-corrected chi connectivity index (χ0v) is 72.4. The molecular weight excluding hydrogens is 1600 g/mol. The molecule has 0 radical (unpaired) electrons. The first-order valence-electron chi connectivity index (χ1n) is 43.0. The van der Waals surface area contributed by atoms with Gasteiger partial charge >= 0.3 is 12.1 Å². The number of nitrogens with two attached hydrogens (primary N) is 1. The first kappa shape index (κ1) is 96.5. The van der Waals surface area contributed by atoms with E-state index in [9.17, 15) is 66.6 Å². The van der Waals surface area contributed by atoms with Crippen LogP contribution in [0.15, 0.2) is 60.7 Å². The van der Waals surface area contributed by atoms with Crippen molar-refractivity contribution in [2.24, 2.45) is 34.3 Å². The minimum atomic E-state index is -4.14. The van der Waals surface area contributed by atoms with Crippen molar-refractivity contribution in [1.82, 2.24) is 57.5 Å². The van der Waals surface area contributed by atoms with Gasteiger partial charge in [0.05, 0.1) is 94.3 Å². The molecule has 674 valence electrons. The van der Waals surface area contributed by atoms with Crippen LogP contribution in [0.5, 0.6) is 5.75 Å². The highest BCUT2D eigenvalue weighted by molar-refractivity contribution is 7.85. The molecule has 9 rings (SSSR count). The Morgan fingerprint density at radius 3 is 1.80 bits per heavy atom. The number of aliphatic hydroxyl groups is 1. The Hall–Kier alpha value is -9.27. The molecule has 15 N–H and O–H groups in total. The summed E-state index contributed by atoms with van der Waals surface area (Å²) < 4.78 is 65.9. The Labute approximate surface area is 714 Å². The van der Waals surface area contributed by atoms with Gasteiger partial charge < -0.3 is 92.2 Å². The number of phenolic OH excluding ortho intramolecular Hbond substituents is 1. The molecule has 2 fully saturated rings. The summed E-state index contributed by atoms with van der Waals surface area (Å²) in [5.41, 5.74) is 10.0. The highest BCUT2D eigenvalue weighted by Gasteiger charge is 2.59. The lowest BCUT2D eigenvalue weighted by molar-refractivity contribution is -0.150. The van der Waals surface area contributed by atoms with Crippen LogP contribution < -0.4 is 58.9 Å². The minimum Gasteiger partial charge on any atom is -0.508 e. The Balaban J connectivity index is 0.670. The van der Waals surface area contributed by atoms with Gasteiger partial charge in [-0.2, -0.15) is 8.42 Å². The van der Waals surface area contributed by atoms with Crippen LogP contribution in [-0.2, 0) is 120 Å². The quantitative estimate of drug-likeness (QED) is 0.0141. The number of benzene rings is 3. The lowest BCUT2D eigenvalue weighted by Gasteiger charge is -2.56. The predicted octanol–water partition coefficient (Wildman–Crippen LogP) is 5.80. The van der Waals surface area contributed by atoms with Crippen LogP contribution in [0.3, 0.4) is 0 Å². The summed E-state index contributed by atoms with van der Waals surface area (Å²) in [5.74, 6) is -4.54. The molecule has 1 heterocycles. The van der Waals surface area contributed by atoms with Crippen LogP contribution >= 0.6 is 0 Å². The number of hydrogen-bond acceptors (Lipinski definition) is 23. The van der Waals surface area contributed by atoms with Crippen LogP contribution in [0.4, 0.5) is 21.0 Å². The number of carbonyl (C=O) groups excluding carboxylic acids is 10. The molecule has 11 amide bonds. The predicted molar refractivity (Wildman–Crippen MR) is 451 cm³/mol. The zero-order chi connectivity index (χ0) is 88.2. The topological polar surface area (TPSA) is 498 Å². The number of nitrogens with one attached hydrogen (secondary N) is 10. The highest BCUT2D eigenvalue weighted by atomic mass is 32.2. The fourth-order valence-electron chi connectivity index (χ4n) is 18.4. The van der Waals surface area contributed by atoms with Crippen molar-refractivity contribution < 1.29 is 99.6 Å². The van der Waals surface area contributed by atoms with Crippen LogP contribution in [0.2, 0.25) is 0 Å². The summed E-state index contributed by atoms with van der Waals surface area (Å²) in [7, 11) is -2.52. The van der Waals surface area contributed by atoms with Crippen LogP contribution in [0.1, 0.15) is 202 Å². The molecule has 35 nitrogen and oxygen atoms in total. The molecule has 2 saturated carbocycles. The van der Waals surface area contributed by atoms with Gasteiger partial charge in [-0.15, -0.1) is 5.10 Å². The van der Waals surface area contributed by atoms with Crippen molar-refractivity contribution in [3.8, 4) is 5.75 Å². The van der Waals surface area contributed by atoms with E-state index < -0.39 is 117 Å². The molecule has 0 bridgehead atoms. The van der Waals surface area contributed by atoms with E-state index in [1.165, 1.54) is 5.56 Å². The number of unbranched alkanes of at least 4 members (excludes halogenated alkanes) is 1. The number of anilines is 2. The van der Waals surface area contributed by atoms with Gasteiger partial charge in [0.2, 0.25) is 47.3 Å². The van der Waals surface area contributed by atoms with Gasteiger partial charge in [-0.05, 0) is 203 Å². The number of alkyl carbamates (subject to hydrolysis) is 1. The number of rotatable bonds is 46. The maximum Gasteiger partial charge on any atom is 0.408 e. The molecule has 0 aliphatic heterocycles. The summed E-state index contributed by atoms with van der Waals surface area (Å²) in [5, 5.41) is 57.4. The van der Waals surface area contributed by atoms with E-state index >= 15 is 0 Å². The number of nitrogens with zero attached hydrogens (tertiary/aromatic N) is 3. The van der Waals surface area contributed by atoms with Gasteiger partial charge in [-0.3, -0.25) is 48.2 Å². The monoisotopic (exact) mass is 1720 g/mol. The smallest absolute Gasteiger partial charge is 0.408 e. The van der Waals surface area contributed by atoms with E-state index in [1.807, 2.05) is 42.8 Å². The molecule has 36 heteroatoms. The lowest BCUT2D eigenvalue weighted by Crippen LogP contribution is -2.60. The summed E-state index contributed by atoms with van der Waals surface area (Å²) in [6, 6.07) is 12.4. The fraction of sp³-hybridized carbons (Fsp3) is 0.651. The van der Waals surface area contributed by atoms with E-state index in [-0.39, 0.29) is 99.5 Å². The van der Waals surface area contributed by atoms with Gasteiger partial charge in [0.25, 0.3) is 10.1 Å². The number of likely N-dealkylation sites (N-methyl/N-ethyl adjacent to an activating group) is 1. The standard InChI is InChI=1S/C86H128N14O21S/c1-55(2)73(96-75(105)64(88-7)16-11-12-37-89-72(104)54-120-68-19-10-8-9-18-67-74(68)98-99-100(67)40-42-117-44-46-119-48-47-118-45-43-116-41-32-71(103)90-39-49-122(113,114)115)78(108)94-65(17-13-38-91-81(87)111)76(106)92-59-26-20-56(21-27-59)53-121-82(112)95-66(52-101)77(107)93-60-28-22-57-24-30-69-83(3,62(57)50-60)33-14-35-85(69,5)79(109)97-80(110)86(6)36-15-34-84(4)63-51-61(102)29-23-58(63)25-31-70(84)86/h20-23,26-29,50-51,55,64-66,68-70,73,88,101-102H,8-19,24-25,30-49,52-54H2,1-7H3,(H,89,104)(H,90,103)(H,92,106)(H,93,107)(H,94,108)(H,95,112)(H,96,105)(H3,87,91,111)(H,97,109,110)(H,113,114,115)/t64-,65+,66+,68?,69-,70-,73+,83-,84-,85+,86+/m1/s1. The maximum atomic E-state index is 14.8. The molecule has 122 heavy (non-hydrogen) atoms.